The lowest BCUT2D eigenvalue weighted by atomic mass is 10.1. The average molecular weight is 282 g/mol. The van der Waals surface area contributed by atoms with E-state index in [1.54, 1.807) is 10.9 Å². The molecule has 0 bridgehead atoms. The van der Waals surface area contributed by atoms with Crippen LogP contribution >= 0.6 is 0 Å². The molecular formula is C16H18N4O. The molecule has 0 atom stereocenters. The Labute approximate surface area is 124 Å². The van der Waals surface area contributed by atoms with Crippen molar-refractivity contribution in [3.8, 4) is 11.8 Å². The monoisotopic (exact) mass is 282 g/mol. The summed E-state index contributed by atoms with van der Waals surface area (Å²) in [6, 6.07) is 9.59. The van der Waals surface area contributed by atoms with Crippen molar-refractivity contribution in [3.63, 3.8) is 0 Å². The Bertz CT molecular complexity index is 621. The normalized spacial score (nSPS) is 9.76. The molecule has 0 radical (unpaired) electrons. The second kappa shape index (κ2) is 7.88. The fourth-order valence-corrected chi connectivity index (χ4v) is 1.80. The number of carbonyl (C=O) groups is 1. The molecule has 0 aliphatic rings. The third kappa shape index (κ3) is 5.13. The van der Waals surface area contributed by atoms with E-state index >= 15 is 0 Å². The summed E-state index contributed by atoms with van der Waals surface area (Å²) < 4.78 is 1.74. The molecule has 0 aliphatic carbocycles. The van der Waals surface area contributed by atoms with E-state index in [1.807, 2.05) is 36.5 Å². The van der Waals surface area contributed by atoms with Gasteiger partial charge in [-0.25, -0.2) is 0 Å². The van der Waals surface area contributed by atoms with Crippen LogP contribution < -0.4 is 11.1 Å². The summed E-state index contributed by atoms with van der Waals surface area (Å²) in [5.74, 6) is 5.78. The van der Waals surface area contributed by atoms with Crippen LogP contribution in [0.3, 0.4) is 0 Å². The zero-order valence-electron chi connectivity index (χ0n) is 11.7. The Kier molecular flexibility index (Phi) is 5.56. The van der Waals surface area contributed by atoms with Crippen molar-refractivity contribution in [2.45, 2.75) is 19.5 Å². The van der Waals surface area contributed by atoms with Crippen LogP contribution in [-0.4, -0.2) is 22.2 Å². The number of nitrogens with two attached hydrogens (primary N) is 1. The third-order valence-electron chi connectivity index (χ3n) is 2.91. The number of amides is 1. The van der Waals surface area contributed by atoms with E-state index in [1.165, 1.54) is 0 Å². The van der Waals surface area contributed by atoms with Crippen LogP contribution in [-0.2, 0) is 17.9 Å². The number of aryl methyl sites for hydroxylation is 1. The number of aromatic nitrogens is 2. The van der Waals surface area contributed by atoms with E-state index in [2.05, 4.69) is 22.3 Å². The van der Waals surface area contributed by atoms with Crippen LogP contribution in [0.5, 0.6) is 0 Å². The summed E-state index contributed by atoms with van der Waals surface area (Å²) in [6.07, 6.45) is 3.96. The molecule has 0 aliphatic heterocycles. The molecule has 1 heterocycles. The SMILES string of the molecule is NCC#Cc1ccc(CNC(=O)CCn2cccn2)cc1. The quantitative estimate of drug-likeness (QED) is 0.800. The van der Waals surface area contributed by atoms with Gasteiger partial charge in [0.2, 0.25) is 5.91 Å². The van der Waals surface area contributed by atoms with Crippen molar-refractivity contribution >= 4 is 5.91 Å². The highest BCUT2D eigenvalue weighted by molar-refractivity contribution is 5.75. The van der Waals surface area contributed by atoms with Gasteiger partial charge in [0.1, 0.15) is 0 Å². The number of carbonyl (C=O) groups excluding carboxylic acids is 1. The molecule has 0 unspecified atom stereocenters. The first-order chi connectivity index (χ1) is 10.3. The predicted octanol–water partition coefficient (Wildman–Crippen LogP) is 0.900. The first-order valence-electron chi connectivity index (χ1n) is 6.80. The maximum atomic E-state index is 11.7. The summed E-state index contributed by atoms with van der Waals surface area (Å²) in [5.41, 5.74) is 7.29. The van der Waals surface area contributed by atoms with Crippen LogP contribution in [0, 0.1) is 11.8 Å². The molecule has 108 valence electrons. The molecule has 5 heteroatoms. The number of rotatable bonds is 5. The number of nitrogens with zero attached hydrogens (tertiary/aromatic N) is 2. The summed E-state index contributed by atoms with van der Waals surface area (Å²) in [6.45, 7) is 1.46. The van der Waals surface area contributed by atoms with Crippen molar-refractivity contribution in [1.82, 2.24) is 15.1 Å². The van der Waals surface area contributed by atoms with Gasteiger partial charge in [-0.2, -0.15) is 5.10 Å². The first-order valence-corrected chi connectivity index (χ1v) is 6.80. The molecule has 0 spiro atoms. The average Bonchev–Trinajstić information content (AvgIpc) is 3.03. The largest absolute Gasteiger partial charge is 0.352 e. The molecule has 2 rings (SSSR count). The third-order valence-corrected chi connectivity index (χ3v) is 2.91. The summed E-state index contributed by atoms with van der Waals surface area (Å²) in [5, 5.41) is 6.94. The maximum absolute atomic E-state index is 11.7. The Morgan fingerprint density at radius 3 is 2.81 bits per heavy atom. The molecule has 0 saturated carbocycles. The molecule has 1 amide bonds. The fourth-order valence-electron chi connectivity index (χ4n) is 1.80. The second-order valence-corrected chi connectivity index (χ2v) is 4.50. The second-order valence-electron chi connectivity index (χ2n) is 4.50. The van der Waals surface area contributed by atoms with Crippen molar-refractivity contribution in [2.24, 2.45) is 5.73 Å². The molecular weight excluding hydrogens is 264 g/mol. The van der Waals surface area contributed by atoms with Crippen LogP contribution in [0.25, 0.3) is 0 Å². The highest BCUT2D eigenvalue weighted by Gasteiger charge is 2.02. The number of benzene rings is 1. The first kappa shape index (κ1) is 14.8. The van der Waals surface area contributed by atoms with E-state index in [4.69, 9.17) is 5.73 Å². The van der Waals surface area contributed by atoms with E-state index in [0.717, 1.165) is 11.1 Å². The highest BCUT2D eigenvalue weighted by Crippen LogP contribution is 2.03. The van der Waals surface area contributed by atoms with E-state index in [0.29, 0.717) is 26.1 Å². The Hall–Kier alpha value is -2.58. The standard InChI is InChI=1S/C16H18N4O/c17-9-1-3-14-4-6-15(7-5-14)13-18-16(21)8-12-20-11-2-10-19-20/h2,4-7,10-11H,8-9,12-13,17H2,(H,18,21). The number of hydrogen-bond donors (Lipinski definition) is 2. The van der Waals surface area contributed by atoms with Gasteiger partial charge in [0.15, 0.2) is 0 Å². The lowest BCUT2D eigenvalue weighted by molar-refractivity contribution is -0.121. The van der Waals surface area contributed by atoms with Gasteiger partial charge in [-0.3, -0.25) is 9.48 Å². The predicted molar refractivity (Wildman–Crippen MR) is 81.1 cm³/mol. The minimum atomic E-state index is 0.0116. The molecule has 0 fully saturated rings. The van der Waals surface area contributed by atoms with Crippen LogP contribution in [0.4, 0.5) is 0 Å². The Morgan fingerprint density at radius 1 is 1.33 bits per heavy atom. The summed E-state index contributed by atoms with van der Waals surface area (Å²) in [4.78, 5) is 11.7. The highest BCUT2D eigenvalue weighted by atomic mass is 16.1. The van der Waals surface area contributed by atoms with Gasteiger partial charge in [-0.15, -0.1) is 0 Å². The van der Waals surface area contributed by atoms with Gasteiger partial charge in [-0.1, -0.05) is 24.0 Å². The molecule has 0 saturated heterocycles. The molecule has 1 aromatic heterocycles. The zero-order valence-corrected chi connectivity index (χ0v) is 11.7. The molecule has 21 heavy (non-hydrogen) atoms. The van der Waals surface area contributed by atoms with Crippen LogP contribution in [0.2, 0.25) is 0 Å². The van der Waals surface area contributed by atoms with Crippen molar-refractivity contribution in [2.75, 3.05) is 6.54 Å². The molecule has 3 N–H and O–H groups in total. The topological polar surface area (TPSA) is 72.9 Å². The van der Waals surface area contributed by atoms with Crippen molar-refractivity contribution in [3.05, 3.63) is 53.9 Å². The van der Waals surface area contributed by atoms with E-state index in [9.17, 15) is 4.79 Å². The smallest absolute Gasteiger partial charge is 0.222 e. The lowest BCUT2D eigenvalue weighted by Gasteiger charge is -2.06. The van der Waals surface area contributed by atoms with Crippen molar-refractivity contribution in [1.29, 1.82) is 0 Å². The summed E-state index contributed by atoms with van der Waals surface area (Å²) >= 11 is 0. The molecule has 5 nitrogen and oxygen atoms in total. The van der Waals surface area contributed by atoms with Gasteiger partial charge in [0, 0.05) is 37.5 Å². The minimum Gasteiger partial charge on any atom is -0.352 e. The lowest BCUT2D eigenvalue weighted by Crippen LogP contribution is -2.24. The van der Waals surface area contributed by atoms with E-state index in [-0.39, 0.29) is 5.91 Å². The van der Waals surface area contributed by atoms with E-state index < -0.39 is 0 Å². The van der Waals surface area contributed by atoms with Crippen LogP contribution in [0.15, 0.2) is 42.7 Å². The minimum absolute atomic E-state index is 0.0116. The maximum Gasteiger partial charge on any atom is 0.222 e. The van der Waals surface area contributed by atoms with Gasteiger partial charge >= 0.3 is 0 Å². The van der Waals surface area contributed by atoms with Gasteiger partial charge in [0.25, 0.3) is 0 Å². The Morgan fingerprint density at radius 2 is 2.14 bits per heavy atom. The number of hydrogen-bond acceptors (Lipinski definition) is 3. The molecule has 2 aromatic rings. The van der Waals surface area contributed by atoms with Gasteiger partial charge in [0.05, 0.1) is 6.54 Å². The number of nitrogens with one attached hydrogen (secondary N) is 1. The van der Waals surface area contributed by atoms with Crippen LogP contribution in [0.1, 0.15) is 17.5 Å². The fraction of sp³-hybridized carbons (Fsp3) is 0.250. The Balaban J connectivity index is 1.75. The van der Waals surface area contributed by atoms with Gasteiger partial charge < -0.3 is 11.1 Å². The molecule has 1 aromatic carbocycles. The van der Waals surface area contributed by atoms with Gasteiger partial charge in [-0.05, 0) is 23.8 Å². The van der Waals surface area contributed by atoms with Crippen molar-refractivity contribution < 1.29 is 4.79 Å². The summed E-state index contributed by atoms with van der Waals surface area (Å²) in [7, 11) is 0. The zero-order chi connectivity index (χ0) is 14.9.